The number of hydrogen-bond acceptors (Lipinski definition) is 4. The Balaban J connectivity index is 1.98. The average Bonchev–Trinajstić information content (AvgIpc) is 3.08. The van der Waals surface area contributed by atoms with Crippen molar-refractivity contribution in [3.63, 3.8) is 0 Å². The van der Waals surface area contributed by atoms with Crippen LogP contribution in [0.3, 0.4) is 0 Å². The lowest BCUT2D eigenvalue weighted by Gasteiger charge is -2.14. The molecule has 0 atom stereocenters. The third kappa shape index (κ3) is 3.62. The summed E-state index contributed by atoms with van der Waals surface area (Å²) < 4.78 is 30.2. The number of fused-ring (bicyclic) bond motifs is 1. The fourth-order valence-corrected chi connectivity index (χ4v) is 5.22. The molecule has 8 heteroatoms. The van der Waals surface area contributed by atoms with Gasteiger partial charge in [0, 0.05) is 18.7 Å². The van der Waals surface area contributed by atoms with Gasteiger partial charge in [0.1, 0.15) is 0 Å². The smallest absolute Gasteiger partial charge is 0.321 e. The Bertz CT molecular complexity index is 1450. The van der Waals surface area contributed by atoms with E-state index in [1.165, 1.54) is 22.8 Å². The summed E-state index contributed by atoms with van der Waals surface area (Å²) >= 11 is 0. The molecule has 4 aromatic rings. The maximum Gasteiger partial charge on any atom is 0.329 e. The monoisotopic (exact) mass is 449 g/mol. The van der Waals surface area contributed by atoms with Crippen molar-refractivity contribution < 1.29 is 13.2 Å². The number of carbonyl (C=O) groups is 1. The number of benzene rings is 3. The van der Waals surface area contributed by atoms with Crippen LogP contribution in [-0.2, 0) is 22.9 Å². The molecule has 0 aliphatic rings. The number of sulfone groups is 1. The Morgan fingerprint density at radius 1 is 0.844 bits per heavy atom. The minimum Gasteiger partial charge on any atom is -0.321 e. The first-order valence-electron chi connectivity index (χ1n) is 10.3. The lowest BCUT2D eigenvalue weighted by atomic mass is 10.2. The predicted molar refractivity (Wildman–Crippen MR) is 124 cm³/mol. The van der Waals surface area contributed by atoms with Crippen molar-refractivity contribution >= 4 is 32.5 Å². The van der Waals surface area contributed by atoms with Crippen LogP contribution in [0.1, 0.15) is 24.2 Å². The van der Waals surface area contributed by atoms with Crippen LogP contribution in [0.2, 0.25) is 0 Å². The first-order valence-corrected chi connectivity index (χ1v) is 11.8. The van der Waals surface area contributed by atoms with Crippen LogP contribution >= 0.6 is 0 Å². The molecular formula is C24H23N3O4S. The van der Waals surface area contributed by atoms with E-state index in [2.05, 4.69) is 5.32 Å². The summed E-state index contributed by atoms with van der Waals surface area (Å²) in [6.07, 6.45) is 0. The van der Waals surface area contributed by atoms with Crippen molar-refractivity contribution in [3.05, 3.63) is 88.8 Å². The Morgan fingerprint density at radius 2 is 1.38 bits per heavy atom. The molecule has 0 saturated carbocycles. The first-order chi connectivity index (χ1) is 15.4. The summed E-state index contributed by atoms with van der Waals surface area (Å²) in [5, 5.41) is 2.75. The Morgan fingerprint density at radius 3 is 1.94 bits per heavy atom. The van der Waals surface area contributed by atoms with Gasteiger partial charge in [-0.2, -0.15) is 0 Å². The normalized spacial score (nSPS) is 11.6. The maximum absolute atomic E-state index is 13.5. The molecule has 7 nitrogen and oxygen atoms in total. The Hall–Kier alpha value is -3.65. The van der Waals surface area contributed by atoms with Crippen LogP contribution in [0.25, 0.3) is 11.0 Å². The zero-order valence-corrected chi connectivity index (χ0v) is 18.6. The highest BCUT2D eigenvalue weighted by Gasteiger charge is 2.25. The van der Waals surface area contributed by atoms with Gasteiger partial charge in [0.2, 0.25) is 9.84 Å². The van der Waals surface area contributed by atoms with E-state index in [0.717, 1.165) is 0 Å². The zero-order valence-electron chi connectivity index (χ0n) is 17.8. The van der Waals surface area contributed by atoms with Crippen LogP contribution in [0.5, 0.6) is 0 Å². The second-order valence-corrected chi connectivity index (χ2v) is 9.16. The second kappa shape index (κ2) is 8.47. The number of imidazole rings is 1. The van der Waals surface area contributed by atoms with Gasteiger partial charge in [-0.1, -0.05) is 36.4 Å². The molecule has 4 rings (SSSR count). The SMILES string of the molecule is CCn1c(=O)n(CC)c2cc(S(=O)(=O)c3ccccc3)c(NC(=O)c3ccccc3)cc21. The predicted octanol–water partition coefficient (Wildman–Crippen LogP) is 3.93. The van der Waals surface area contributed by atoms with Crippen LogP contribution in [0, 0.1) is 0 Å². The number of nitrogens with zero attached hydrogens (tertiary/aromatic N) is 2. The van der Waals surface area contributed by atoms with E-state index in [4.69, 9.17) is 0 Å². The third-order valence-corrected chi connectivity index (χ3v) is 7.19. The zero-order chi connectivity index (χ0) is 22.9. The van der Waals surface area contributed by atoms with E-state index in [9.17, 15) is 18.0 Å². The van der Waals surface area contributed by atoms with Crippen LogP contribution in [0.15, 0.2) is 87.4 Å². The van der Waals surface area contributed by atoms with Crippen LogP contribution in [-0.4, -0.2) is 23.5 Å². The minimum atomic E-state index is -3.96. The second-order valence-electron chi connectivity index (χ2n) is 7.24. The molecule has 0 bridgehead atoms. The molecule has 3 aromatic carbocycles. The van der Waals surface area contributed by atoms with Gasteiger partial charge in [0.25, 0.3) is 5.91 Å². The van der Waals surface area contributed by atoms with Gasteiger partial charge in [-0.3, -0.25) is 13.9 Å². The molecule has 0 spiro atoms. The van der Waals surface area contributed by atoms with Gasteiger partial charge >= 0.3 is 5.69 Å². The Kier molecular flexibility index (Phi) is 5.71. The van der Waals surface area contributed by atoms with Gasteiger partial charge in [0.05, 0.1) is 26.5 Å². The number of anilines is 1. The van der Waals surface area contributed by atoms with Crippen LogP contribution in [0.4, 0.5) is 5.69 Å². The van der Waals surface area contributed by atoms with Crippen LogP contribution < -0.4 is 11.0 Å². The van der Waals surface area contributed by atoms with Gasteiger partial charge in [0.15, 0.2) is 0 Å². The molecule has 0 fully saturated rings. The van der Waals surface area contributed by atoms with Gasteiger partial charge < -0.3 is 5.32 Å². The number of aryl methyl sites for hydroxylation is 2. The molecule has 1 amide bonds. The first kappa shape index (κ1) is 21.6. The summed E-state index contributed by atoms with van der Waals surface area (Å²) in [7, 11) is -3.96. The molecule has 0 unspecified atom stereocenters. The summed E-state index contributed by atoms with van der Waals surface area (Å²) in [4.78, 5) is 25.7. The quantitative estimate of drug-likeness (QED) is 0.483. The van der Waals surface area contributed by atoms with Gasteiger partial charge in [-0.05, 0) is 50.2 Å². The number of nitrogens with one attached hydrogen (secondary N) is 1. The molecule has 0 radical (unpaired) electrons. The fourth-order valence-electron chi connectivity index (χ4n) is 3.78. The van der Waals surface area contributed by atoms with Crippen molar-refractivity contribution in [2.24, 2.45) is 0 Å². The van der Waals surface area contributed by atoms with E-state index in [1.54, 1.807) is 59.2 Å². The number of hydrogen-bond donors (Lipinski definition) is 1. The summed E-state index contributed by atoms with van der Waals surface area (Å²) in [5.74, 6) is -0.435. The van der Waals surface area contributed by atoms with E-state index >= 15 is 0 Å². The molecule has 1 heterocycles. The molecule has 0 aliphatic heterocycles. The van der Waals surface area contributed by atoms with E-state index in [1.807, 2.05) is 13.8 Å². The van der Waals surface area contributed by atoms with E-state index < -0.39 is 15.7 Å². The highest BCUT2D eigenvalue weighted by Crippen LogP contribution is 2.32. The molecule has 0 saturated heterocycles. The standard InChI is InChI=1S/C24H23N3O4S/c1-3-26-20-15-19(25-23(28)17-11-7-5-8-12-17)22(16-21(20)27(4-2)24(26)29)32(30,31)18-13-9-6-10-14-18/h5-16H,3-4H2,1-2H3,(H,25,28). The molecule has 1 N–H and O–H groups in total. The molecular weight excluding hydrogens is 426 g/mol. The lowest BCUT2D eigenvalue weighted by molar-refractivity contribution is 0.102. The summed E-state index contributed by atoms with van der Waals surface area (Å²) in [6.45, 7) is 4.48. The van der Waals surface area contributed by atoms with Crippen molar-refractivity contribution in [1.29, 1.82) is 0 Å². The van der Waals surface area contributed by atoms with Crippen molar-refractivity contribution in [2.75, 3.05) is 5.32 Å². The third-order valence-electron chi connectivity index (χ3n) is 5.38. The topological polar surface area (TPSA) is 90.2 Å². The Labute approximate surface area is 185 Å². The molecule has 32 heavy (non-hydrogen) atoms. The van der Waals surface area contributed by atoms with Gasteiger partial charge in [-0.15, -0.1) is 0 Å². The average molecular weight is 450 g/mol. The maximum atomic E-state index is 13.5. The van der Waals surface area contributed by atoms with E-state index in [-0.39, 0.29) is 21.2 Å². The van der Waals surface area contributed by atoms with Crippen molar-refractivity contribution in [3.8, 4) is 0 Å². The number of carbonyl (C=O) groups excluding carboxylic acids is 1. The number of rotatable bonds is 6. The highest BCUT2D eigenvalue weighted by atomic mass is 32.2. The lowest BCUT2D eigenvalue weighted by Crippen LogP contribution is -2.23. The largest absolute Gasteiger partial charge is 0.329 e. The van der Waals surface area contributed by atoms with Crippen molar-refractivity contribution in [2.45, 2.75) is 36.7 Å². The summed E-state index contributed by atoms with van der Waals surface area (Å²) in [5.41, 5.74) is 1.38. The van der Waals surface area contributed by atoms with Gasteiger partial charge in [-0.25, -0.2) is 13.2 Å². The molecule has 0 aliphatic carbocycles. The minimum absolute atomic E-state index is 0.0593. The summed E-state index contributed by atoms with van der Waals surface area (Å²) in [6, 6.07) is 19.6. The highest BCUT2D eigenvalue weighted by molar-refractivity contribution is 7.91. The van der Waals surface area contributed by atoms with E-state index in [0.29, 0.717) is 29.7 Å². The van der Waals surface area contributed by atoms with Crippen molar-refractivity contribution in [1.82, 2.24) is 9.13 Å². The fraction of sp³-hybridized carbons (Fsp3) is 0.167. The number of aromatic nitrogens is 2. The molecule has 1 aromatic heterocycles. The number of amides is 1. The molecule has 164 valence electrons.